The van der Waals surface area contributed by atoms with E-state index in [9.17, 15) is 13.2 Å². The maximum Gasteiger partial charge on any atom is 0.242 e. The molecule has 6 nitrogen and oxygen atoms in total. The van der Waals surface area contributed by atoms with Gasteiger partial charge in [-0.1, -0.05) is 20.3 Å². The van der Waals surface area contributed by atoms with Gasteiger partial charge < -0.3 is 11.1 Å². The van der Waals surface area contributed by atoms with Crippen molar-refractivity contribution in [3.8, 4) is 0 Å². The molecule has 0 radical (unpaired) electrons. The number of rotatable bonds is 6. The second kappa shape index (κ2) is 7.02. The molecule has 1 rings (SSSR count). The molecule has 0 bridgehead atoms. The molecule has 0 aliphatic rings. The SMILES string of the molecule is CCC(C)C(N)C(=O)Nc1ccc(S(=O)(=O)N(C)C)cc1. The number of anilines is 1. The first-order valence-electron chi connectivity index (χ1n) is 6.79. The Morgan fingerprint density at radius 2 is 1.81 bits per heavy atom. The van der Waals surface area contributed by atoms with E-state index in [-0.39, 0.29) is 16.7 Å². The smallest absolute Gasteiger partial charge is 0.242 e. The Kier molecular flexibility index (Phi) is 5.88. The molecule has 0 aromatic heterocycles. The molecule has 118 valence electrons. The summed E-state index contributed by atoms with van der Waals surface area (Å²) in [7, 11) is -0.523. The molecule has 0 fully saturated rings. The molecule has 2 atom stereocenters. The number of sulfonamides is 1. The molecule has 0 spiro atoms. The van der Waals surface area contributed by atoms with Crippen molar-refractivity contribution in [3.05, 3.63) is 24.3 Å². The van der Waals surface area contributed by atoms with Gasteiger partial charge in [0.2, 0.25) is 15.9 Å². The van der Waals surface area contributed by atoms with Gasteiger partial charge in [0, 0.05) is 19.8 Å². The highest BCUT2D eigenvalue weighted by Crippen LogP contribution is 2.17. The van der Waals surface area contributed by atoms with Crippen molar-refractivity contribution in [2.75, 3.05) is 19.4 Å². The second-order valence-corrected chi connectivity index (χ2v) is 7.36. The van der Waals surface area contributed by atoms with Crippen LogP contribution in [0.25, 0.3) is 0 Å². The molecule has 7 heteroatoms. The third kappa shape index (κ3) is 4.26. The van der Waals surface area contributed by atoms with E-state index in [0.717, 1.165) is 10.7 Å². The van der Waals surface area contributed by atoms with Gasteiger partial charge >= 0.3 is 0 Å². The molecule has 1 aromatic carbocycles. The van der Waals surface area contributed by atoms with Gasteiger partial charge in [-0.05, 0) is 30.2 Å². The Labute approximate surface area is 126 Å². The Hall–Kier alpha value is -1.44. The molecular formula is C14H23N3O3S. The molecule has 0 heterocycles. The first-order chi connectivity index (χ1) is 9.70. The summed E-state index contributed by atoms with van der Waals surface area (Å²) in [4.78, 5) is 12.1. The number of nitrogens with two attached hydrogens (primary N) is 1. The van der Waals surface area contributed by atoms with Gasteiger partial charge in [0.05, 0.1) is 10.9 Å². The van der Waals surface area contributed by atoms with Crippen LogP contribution in [0.5, 0.6) is 0 Å². The zero-order valence-corrected chi connectivity index (χ0v) is 13.6. The van der Waals surface area contributed by atoms with Crippen LogP contribution >= 0.6 is 0 Å². The van der Waals surface area contributed by atoms with Gasteiger partial charge in [0.1, 0.15) is 0 Å². The van der Waals surface area contributed by atoms with Crippen molar-refractivity contribution in [1.82, 2.24) is 4.31 Å². The number of carbonyl (C=O) groups is 1. The van der Waals surface area contributed by atoms with E-state index in [1.807, 2.05) is 13.8 Å². The molecule has 0 saturated heterocycles. The Bertz CT molecular complexity index is 582. The van der Waals surface area contributed by atoms with Crippen LogP contribution in [0.15, 0.2) is 29.2 Å². The summed E-state index contributed by atoms with van der Waals surface area (Å²) in [5.41, 5.74) is 6.37. The summed E-state index contributed by atoms with van der Waals surface area (Å²) in [5.74, 6) is -0.189. The summed E-state index contributed by atoms with van der Waals surface area (Å²) in [6.07, 6.45) is 0.814. The molecule has 0 aliphatic heterocycles. The summed E-state index contributed by atoms with van der Waals surface area (Å²) >= 11 is 0. The first kappa shape index (κ1) is 17.6. The molecule has 0 aliphatic carbocycles. The topological polar surface area (TPSA) is 92.5 Å². The minimum Gasteiger partial charge on any atom is -0.325 e. The molecule has 1 aromatic rings. The summed E-state index contributed by atoms with van der Waals surface area (Å²) in [6, 6.07) is 5.44. The summed E-state index contributed by atoms with van der Waals surface area (Å²) < 4.78 is 25.0. The Balaban J connectivity index is 2.83. The van der Waals surface area contributed by atoms with Gasteiger partial charge in [0.25, 0.3) is 0 Å². The van der Waals surface area contributed by atoms with Crippen molar-refractivity contribution >= 4 is 21.6 Å². The fourth-order valence-corrected chi connectivity index (χ4v) is 2.56. The lowest BCUT2D eigenvalue weighted by Crippen LogP contribution is -2.40. The van der Waals surface area contributed by atoms with E-state index >= 15 is 0 Å². The largest absolute Gasteiger partial charge is 0.325 e. The fourth-order valence-electron chi connectivity index (χ4n) is 1.66. The molecule has 3 N–H and O–H groups in total. The molecule has 2 unspecified atom stereocenters. The molecule has 0 saturated carbocycles. The predicted octanol–water partition coefficient (Wildman–Crippen LogP) is 1.25. The quantitative estimate of drug-likeness (QED) is 0.826. The van der Waals surface area contributed by atoms with Gasteiger partial charge in [-0.3, -0.25) is 4.79 Å². The zero-order valence-electron chi connectivity index (χ0n) is 12.8. The van der Waals surface area contributed by atoms with Crippen LogP contribution in [0.4, 0.5) is 5.69 Å². The minimum absolute atomic E-state index is 0.0818. The van der Waals surface area contributed by atoms with Crippen LogP contribution in [-0.4, -0.2) is 38.8 Å². The van der Waals surface area contributed by atoms with Gasteiger partial charge in [0.15, 0.2) is 0 Å². The highest BCUT2D eigenvalue weighted by atomic mass is 32.2. The fraction of sp³-hybridized carbons (Fsp3) is 0.500. The lowest BCUT2D eigenvalue weighted by Gasteiger charge is -2.18. The standard InChI is InChI=1S/C14H23N3O3S/c1-5-10(2)13(15)14(18)16-11-6-8-12(9-7-11)21(19,20)17(3)4/h6-10,13H,5,15H2,1-4H3,(H,16,18). The third-order valence-electron chi connectivity index (χ3n) is 3.46. The lowest BCUT2D eigenvalue weighted by molar-refractivity contribution is -0.118. The van der Waals surface area contributed by atoms with Crippen LogP contribution < -0.4 is 11.1 Å². The van der Waals surface area contributed by atoms with Crippen molar-refractivity contribution in [2.45, 2.75) is 31.2 Å². The van der Waals surface area contributed by atoms with E-state index in [2.05, 4.69) is 5.32 Å². The van der Waals surface area contributed by atoms with E-state index in [4.69, 9.17) is 5.73 Å². The summed E-state index contributed by atoms with van der Waals surface area (Å²) in [5, 5.41) is 2.69. The highest BCUT2D eigenvalue weighted by Gasteiger charge is 2.20. The van der Waals surface area contributed by atoms with Crippen LogP contribution in [0.3, 0.4) is 0 Å². The number of hydrogen-bond donors (Lipinski definition) is 2. The van der Waals surface area contributed by atoms with Gasteiger partial charge in [-0.2, -0.15) is 0 Å². The van der Waals surface area contributed by atoms with Crippen molar-refractivity contribution in [3.63, 3.8) is 0 Å². The zero-order chi connectivity index (χ0) is 16.2. The minimum atomic E-state index is -3.46. The maximum atomic E-state index is 11.9. The monoisotopic (exact) mass is 313 g/mol. The van der Waals surface area contributed by atoms with Crippen LogP contribution in [0.1, 0.15) is 20.3 Å². The van der Waals surface area contributed by atoms with E-state index in [0.29, 0.717) is 5.69 Å². The number of nitrogens with zero attached hydrogens (tertiary/aromatic N) is 1. The van der Waals surface area contributed by atoms with Crippen LogP contribution in [-0.2, 0) is 14.8 Å². The molecule has 1 amide bonds. The highest BCUT2D eigenvalue weighted by molar-refractivity contribution is 7.89. The average Bonchev–Trinajstić information content (AvgIpc) is 2.45. The second-order valence-electron chi connectivity index (χ2n) is 5.21. The maximum absolute atomic E-state index is 11.9. The van der Waals surface area contributed by atoms with Crippen molar-refractivity contribution < 1.29 is 13.2 Å². The third-order valence-corrected chi connectivity index (χ3v) is 5.29. The number of nitrogens with one attached hydrogen (secondary N) is 1. The van der Waals surface area contributed by atoms with Crippen molar-refractivity contribution in [1.29, 1.82) is 0 Å². The Morgan fingerprint density at radius 3 is 2.24 bits per heavy atom. The molecule has 21 heavy (non-hydrogen) atoms. The Morgan fingerprint density at radius 1 is 1.29 bits per heavy atom. The number of amides is 1. The summed E-state index contributed by atoms with van der Waals surface area (Å²) in [6.45, 7) is 3.88. The number of hydrogen-bond acceptors (Lipinski definition) is 4. The van der Waals surface area contributed by atoms with E-state index in [1.54, 1.807) is 12.1 Å². The van der Waals surface area contributed by atoms with Crippen LogP contribution in [0.2, 0.25) is 0 Å². The van der Waals surface area contributed by atoms with E-state index < -0.39 is 16.1 Å². The average molecular weight is 313 g/mol. The first-order valence-corrected chi connectivity index (χ1v) is 8.23. The van der Waals surface area contributed by atoms with E-state index in [1.165, 1.54) is 26.2 Å². The number of benzene rings is 1. The number of carbonyl (C=O) groups excluding carboxylic acids is 1. The predicted molar refractivity (Wildman–Crippen MR) is 83.4 cm³/mol. The van der Waals surface area contributed by atoms with Gasteiger partial charge in [-0.25, -0.2) is 12.7 Å². The van der Waals surface area contributed by atoms with Crippen LogP contribution in [0, 0.1) is 5.92 Å². The van der Waals surface area contributed by atoms with Crippen molar-refractivity contribution in [2.24, 2.45) is 11.7 Å². The normalized spacial score (nSPS) is 14.8. The van der Waals surface area contributed by atoms with Gasteiger partial charge in [-0.15, -0.1) is 0 Å². The molecular weight excluding hydrogens is 290 g/mol. The lowest BCUT2D eigenvalue weighted by atomic mass is 9.99.